The second-order valence-electron chi connectivity index (χ2n) is 5.52. The monoisotopic (exact) mass is 230 g/mol. The molecule has 0 spiro atoms. The van der Waals surface area contributed by atoms with Crippen molar-refractivity contribution in [1.29, 1.82) is 0 Å². The van der Waals surface area contributed by atoms with E-state index in [1.807, 2.05) is 20.8 Å². The Labute approximate surface area is 96.6 Å². The van der Waals surface area contributed by atoms with Crippen molar-refractivity contribution < 1.29 is 14.6 Å². The average molecular weight is 230 g/mol. The number of aliphatic hydroxyl groups is 1. The van der Waals surface area contributed by atoms with Crippen molar-refractivity contribution in [2.75, 3.05) is 13.1 Å². The Morgan fingerprint density at radius 1 is 1.56 bits per heavy atom. The summed E-state index contributed by atoms with van der Waals surface area (Å²) >= 11 is 0. The predicted octanol–water partition coefficient (Wildman–Crippen LogP) is 0.624. The maximum absolute atomic E-state index is 11.5. The summed E-state index contributed by atoms with van der Waals surface area (Å²) in [5.74, 6) is 0. The van der Waals surface area contributed by atoms with Gasteiger partial charge < -0.3 is 20.5 Å². The number of nitrogens with one attached hydrogen (secondary N) is 2. The van der Waals surface area contributed by atoms with Crippen LogP contribution in [0.5, 0.6) is 0 Å². The van der Waals surface area contributed by atoms with E-state index in [1.54, 1.807) is 6.92 Å². The quantitative estimate of drug-likeness (QED) is 0.617. The number of carbonyl (C=O) groups excluding carboxylic acids is 1. The zero-order valence-electron chi connectivity index (χ0n) is 10.5. The van der Waals surface area contributed by atoms with Crippen LogP contribution in [0.15, 0.2) is 0 Å². The summed E-state index contributed by atoms with van der Waals surface area (Å²) in [7, 11) is 0. The lowest BCUT2D eigenvalue weighted by molar-refractivity contribution is -0.00724. The number of piperidine rings is 1. The van der Waals surface area contributed by atoms with Crippen molar-refractivity contribution in [3.05, 3.63) is 0 Å². The van der Waals surface area contributed by atoms with Gasteiger partial charge in [-0.05, 0) is 40.7 Å². The van der Waals surface area contributed by atoms with E-state index in [1.165, 1.54) is 0 Å². The highest BCUT2D eigenvalue weighted by Gasteiger charge is 2.36. The topological polar surface area (TPSA) is 70.6 Å². The number of β-amino-alcohol motifs (C(OH)–C–C–N with tert-alkyl or cyclic N) is 1. The Morgan fingerprint density at radius 3 is 2.69 bits per heavy atom. The Morgan fingerprint density at radius 2 is 2.19 bits per heavy atom. The minimum atomic E-state index is -0.921. The van der Waals surface area contributed by atoms with E-state index in [4.69, 9.17) is 4.74 Å². The third kappa shape index (κ3) is 3.98. The summed E-state index contributed by atoms with van der Waals surface area (Å²) in [5, 5.41) is 15.8. The van der Waals surface area contributed by atoms with Crippen molar-refractivity contribution >= 4 is 6.09 Å². The molecule has 5 heteroatoms. The molecule has 0 aromatic heterocycles. The third-order valence-electron chi connectivity index (χ3n) is 2.53. The van der Waals surface area contributed by atoms with Crippen LogP contribution in [0, 0.1) is 0 Å². The molecular formula is C11H22N2O3. The van der Waals surface area contributed by atoms with E-state index < -0.39 is 17.3 Å². The first-order valence-corrected chi connectivity index (χ1v) is 5.63. The third-order valence-corrected chi connectivity index (χ3v) is 2.53. The minimum Gasteiger partial charge on any atom is -0.444 e. The van der Waals surface area contributed by atoms with Gasteiger partial charge in [0, 0.05) is 6.54 Å². The fourth-order valence-electron chi connectivity index (χ4n) is 1.70. The number of rotatable bonds is 1. The minimum absolute atomic E-state index is 0.261. The Hall–Kier alpha value is -0.810. The van der Waals surface area contributed by atoms with Gasteiger partial charge in [-0.1, -0.05) is 0 Å². The molecule has 5 nitrogen and oxygen atoms in total. The Kier molecular flexibility index (Phi) is 3.80. The van der Waals surface area contributed by atoms with Gasteiger partial charge in [0.1, 0.15) is 5.60 Å². The number of hydrogen-bond donors (Lipinski definition) is 3. The molecule has 1 aliphatic rings. The smallest absolute Gasteiger partial charge is 0.407 e. The van der Waals surface area contributed by atoms with Gasteiger partial charge in [0.25, 0.3) is 0 Å². The summed E-state index contributed by atoms with van der Waals surface area (Å²) in [6.07, 6.45) is 0.228. The first kappa shape index (κ1) is 13.3. The molecule has 0 aromatic rings. The average Bonchev–Trinajstić information content (AvgIpc) is 2.05. The fourth-order valence-corrected chi connectivity index (χ4v) is 1.70. The normalized spacial score (nSPS) is 30.9. The van der Waals surface area contributed by atoms with Crippen molar-refractivity contribution in [3.63, 3.8) is 0 Å². The summed E-state index contributed by atoms with van der Waals surface area (Å²) in [6, 6.07) is -0.261. The molecule has 94 valence electrons. The second kappa shape index (κ2) is 4.59. The lowest BCUT2D eigenvalue weighted by Gasteiger charge is -2.38. The van der Waals surface area contributed by atoms with Crippen LogP contribution in [0.2, 0.25) is 0 Å². The van der Waals surface area contributed by atoms with Crippen LogP contribution in [0.3, 0.4) is 0 Å². The van der Waals surface area contributed by atoms with Crippen molar-refractivity contribution in [2.45, 2.75) is 51.4 Å². The molecule has 16 heavy (non-hydrogen) atoms. The number of alkyl carbamates (subject to hydrolysis) is 1. The van der Waals surface area contributed by atoms with Gasteiger partial charge >= 0.3 is 6.09 Å². The van der Waals surface area contributed by atoms with Crippen molar-refractivity contribution in [1.82, 2.24) is 10.6 Å². The van der Waals surface area contributed by atoms with E-state index in [0.29, 0.717) is 13.0 Å². The molecule has 1 aliphatic heterocycles. The van der Waals surface area contributed by atoms with Gasteiger partial charge in [-0.3, -0.25) is 0 Å². The number of hydrogen-bond acceptors (Lipinski definition) is 4. The van der Waals surface area contributed by atoms with Gasteiger partial charge in [0.05, 0.1) is 11.6 Å². The lowest BCUT2D eigenvalue weighted by Crippen LogP contribution is -2.60. The van der Waals surface area contributed by atoms with Gasteiger partial charge in [-0.25, -0.2) is 4.79 Å². The van der Waals surface area contributed by atoms with Crippen LogP contribution in [0.4, 0.5) is 4.79 Å². The maximum Gasteiger partial charge on any atom is 0.407 e. The zero-order valence-corrected chi connectivity index (χ0v) is 10.5. The molecule has 1 saturated heterocycles. The number of amides is 1. The van der Waals surface area contributed by atoms with Crippen LogP contribution >= 0.6 is 0 Å². The molecular weight excluding hydrogens is 208 g/mol. The molecule has 0 aromatic carbocycles. The number of carbonyl (C=O) groups is 1. The van der Waals surface area contributed by atoms with Crippen LogP contribution in [-0.4, -0.2) is 41.5 Å². The standard InChI is InChI=1S/C11H22N2O3/c1-10(2,3)16-9(14)13-8-5-6-12-7-11(8,4)15/h8,12,15H,5-7H2,1-4H3,(H,13,14)/t8-,11-/m1/s1. The SMILES string of the molecule is CC(C)(C)OC(=O)N[C@@H]1CCNC[C@@]1(C)O. The Bertz CT molecular complexity index is 258. The molecule has 1 fully saturated rings. The first-order chi connectivity index (χ1) is 7.21. The van der Waals surface area contributed by atoms with E-state index >= 15 is 0 Å². The summed E-state index contributed by atoms with van der Waals surface area (Å²) in [6.45, 7) is 8.42. The highest BCUT2D eigenvalue weighted by molar-refractivity contribution is 5.68. The molecule has 1 amide bonds. The molecule has 1 rings (SSSR count). The van der Waals surface area contributed by atoms with E-state index in [9.17, 15) is 9.90 Å². The molecule has 3 N–H and O–H groups in total. The van der Waals surface area contributed by atoms with E-state index in [0.717, 1.165) is 6.54 Å². The summed E-state index contributed by atoms with van der Waals surface area (Å²) in [4.78, 5) is 11.5. The van der Waals surface area contributed by atoms with Gasteiger partial charge in [-0.15, -0.1) is 0 Å². The molecule has 0 saturated carbocycles. The van der Waals surface area contributed by atoms with Crippen LogP contribution in [0.1, 0.15) is 34.1 Å². The first-order valence-electron chi connectivity index (χ1n) is 5.63. The lowest BCUT2D eigenvalue weighted by atomic mass is 9.90. The van der Waals surface area contributed by atoms with Gasteiger partial charge in [0.15, 0.2) is 0 Å². The molecule has 2 atom stereocenters. The van der Waals surface area contributed by atoms with Crippen molar-refractivity contribution in [3.8, 4) is 0 Å². The van der Waals surface area contributed by atoms with Crippen LogP contribution in [0.25, 0.3) is 0 Å². The summed E-state index contributed by atoms with van der Waals surface area (Å²) < 4.78 is 5.15. The van der Waals surface area contributed by atoms with Crippen LogP contribution < -0.4 is 10.6 Å². The van der Waals surface area contributed by atoms with E-state index in [-0.39, 0.29) is 6.04 Å². The zero-order chi connectivity index (χ0) is 12.4. The highest BCUT2D eigenvalue weighted by atomic mass is 16.6. The van der Waals surface area contributed by atoms with Crippen molar-refractivity contribution in [2.24, 2.45) is 0 Å². The molecule has 0 aliphatic carbocycles. The fraction of sp³-hybridized carbons (Fsp3) is 0.909. The summed E-state index contributed by atoms with van der Waals surface area (Å²) in [5.41, 5.74) is -1.43. The highest BCUT2D eigenvalue weighted by Crippen LogP contribution is 2.16. The molecule has 0 radical (unpaired) electrons. The van der Waals surface area contributed by atoms with Crippen LogP contribution in [-0.2, 0) is 4.74 Å². The van der Waals surface area contributed by atoms with Gasteiger partial charge in [-0.2, -0.15) is 0 Å². The molecule has 1 heterocycles. The maximum atomic E-state index is 11.5. The predicted molar refractivity (Wildman–Crippen MR) is 61.3 cm³/mol. The Balaban J connectivity index is 2.49. The second-order valence-corrected chi connectivity index (χ2v) is 5.52. The molecule has 0 bridgehead atoms. The largest absolute Gasteiger partial charge is 0.444 e. The van der Waals surface area contributed by atoms with Gasteiger partial charge in [0.2, 0.25) is 0 Å². The molecule has 0 unspecified atom stereocenters. The number of ether oxygens (including phenoxy) is 1. The van der Waals surface area contributed by atoms with E-state index in [2.05, 4.69) is 10.6 Å².